The molecule has 4 rings (SSSR count). The van der Waals surface area contributed by atoms with Crippen molar-refractivity contribution in [1.82, 2.24) is 19.7 Å². The van der Waals surface area contributed by atoms with E-state index in [1.165, 1.54) is 6.33 Å². The van der Waals surface area contributed by atoms with Crippen LogP contribution in [0.4, 0.5) is 0 Å². The van der Waals surface area contributed by atoms with E-state index in [1.807, 2.05) is 23.1 Å². The Labute approximate surface area is 164 Å². The normalized spacial score (nSPS) is 26.8. The van der Waals surface area contributed by atoms with E-state index in [4.69, 9.17) is 9.47 Å². The molecule has 2 fully saturated rings. The van der Waals surface area contributed by atoms with E-state index in [-0.39, 0.29) is 11.9 Å². The Morgan fingerprint density at radius 1 is 1.18 bits per heavy atom. The van der Waals surface area contributed by atoms with Gasteiger partial charge in [0.2, 0.25) is 5.91 Å². The number of aliphatic hydroxyl groups excluding tert-OH is 1. The minimum Gasteiger partial charge on any atom is -0.493 e. The fourth-order valence-electron chi connectivity index (χ4n) is 4.56. The number of nitrogens with zero attached hydrogens (tertiary/aromatic N) is 4. The summed E-state index contributed by atoms with van der Waals surface area (Å²) in [5, 5.41) is 14.7. The number of aliphatic hydroxyl groups is 1. The highest BCUT2D eigenvalue weighted by Crippen LogP contribution is 2.41. The molecule has 0 bridgehead atoms. The van der Waals surface area contributed by atoms with Crippen LogP contribution in [0.5, 0.6) is 11.5 Å². The minimum absolute atomic E-state index is 0.0651. The first-order valence-corrected chi connectivity index (χ1v) is 9.60. The van der Waals surface area contributed by atoms with Gasteiger partial charge in [0.15, 0.2) is 11.5 Å². The fourth-order valence-corrected chi connectivity index (χ4v) is 4.56. The highest BCUT2D eigenvalue weighted by atomic mass is 16.5. The molecule has 8 heteroatoms. The average molecular weight is 386 g/mol. The number of amides is 1. The molecular weight excluding hydrogens is 360 g/mol. The SMILES string of the molecule is COc1ccc(CC(=O)N2C[C@H]3C[C@@H](n4cncn4)[C@H](O)C[C@H]3C2)cc1OC. The number of methoxy groups -OCH3 is 2. The summed E-state index contributed by atoms with van der Waals surface area (Å²) in [6.45, 7) is 1.44. The standard InChI is InChI=1S/C20H26N4O4/c1-27-18-4-3-13(5-19(18)28-2)6-20(26)23-9-14-7-16(24-12-21-11-22-24)17(25)8-15(14)10-23/h3-5,11-12,14-17,25H,6-10H2,1-2H3/t14-,15+,16-,17-/m1/s1. The average Bonchev–Trinajstić information content (AvgIpc) is 3.36. The molecule has 28 heavy (non-hydrogen) atoms. The van der Waals surface area contributed by atoms with Gasteiger partial charge in [-0.1, -0.05) is 6.07 Å². The van der Waals surface area contributed by atoms with Gasteiger partial charge in [-0.25, -0.2) is 9.67 Å². The van der Waals surface area contributed by atoms with Crippen molar-refractivity contribution >= 4 is 5.91 Å². The molecule has 1 aliphatic carbocycles. The molecule has 1 aliphatic heterocycles. The van der Waals surface area contributed by atoms with Gasteiger partial charge in [-0.3, -0.25) is 4.79 Å². The van der Waals surface area contributed by atoms with E-state index in [1.54, 1.807) is 25.2 Å². The van der Waals surface area contributed by atoms with Crippen LogP contribution in [0, 0.1) is 11.8 Å². The number of fused-ring (bicyclic) bond motifs is 1. The summed E-state index contributed by atoms with van der Waals surface area (Å²) < 4.78 is 12.3. The quantitative estimate of drug-likeness (QED) is 0.833. The van der Waals surface area contributed by atoms with Crippen LogP contribution in [0.1, 0.15) is 24.4 Å². The Morgan fingerprint density at radius 2 is 1.93 bits per heavy atom. The Hall–Kier alpha value is -2.61. The summed E-state index contributed by atoms with van der Waals surface area (Å²) in [4.78, 5) is 18.8. The van der Waals surface area contributed by atoms with Gasteiger partial charge in [-0.2, -0.15) is 5.10 Å². The lowest BCUT2D eigenvalue weighted by Gasteiger charge is -2.34. The Morgan fingerprint density at radius 3 is 2.61 bits per heavy atom. The maximum absolute atomic E-state index is 12.9. The van der Waals surface area contributed by atoms with Crippen molar-refractivity contribution in [1.29, 1.82) is 0 Å². The van der Waals surface area contributed by atoms with Crippen LogP contribution < -0.4 is 9.47 Å². The second kappa shape index (κ2) is 7.79. The second-order valence-corrected chi connectivity index (χ2v) is 7.67. The smallest absolute Gasteiger partial charge is 0.227 e. The molecule has 0 radical (unpaired) electrons. The van der Waals surface area contributed by atoms with Crippen LogP contribution in [0.2, 0.25) is 0 Å². The van der Waals surface area contributed by atoms with E-state index >= 15 is 0 Å². The number of hydrogen-bond acceptors (Lipinski definition) is 6. The molecule has 1 aromatic carbocycles. The Bertz CT molecular complexity index is 826. The Kier molecular flexibility index (Phi) is 5.21. The van der Waals surface area contributed by atoms with Crippen LogP contribution in [0.25, 0.3) is 0 Å². The number of carbonyl (C=O) groups is 1. The zero-order valence-electron chi connectivity index (χ0n) is 16.2. The highest BCUT2D eigenvalue weighted by molar-refractivity contribution is 5.79. The molecule has 2 aromatic rings. The molecule has 2 aliphatic rings. The lowest BCUT2D eigenvalue weighted by molar-refractivity contribution is -0.129. The van der Waals surface area contributed by atoms with Crippen LogP contribution in [0.15, 0.2) is 30.9 Å². The predicted molar refractivity (Wildman–Crippen MR) is 101 cm³/mol. The van der Waals surface area contributed by atoms with Crippen molar-refractivity contribution < 1.29 is 19.4 Å². The van der Waals surface area contributed by atoms with Gasteiger partial charge in [0.1, 0.15) is 12.7 Å². The second-order valence-electron chi connectivity index (χ2n) is 7.67. The van der Waals surface area contributed by atoms with Crippen LogP contribution in [0.3, 0.4) is 0 Å². The zero-order chi connectivity index (χ0) is 19.7. The molecular formula is C20H26N4O4. The number of likely N-dealkylation sites (tertiary alicyclic amines) is 1. The van der Waals surface area contributed by atoms with Crippen molar-refractivity contribution in [3.8, 4) is 11.5 Å². The van der Waals surface area contributed by atoms with E-state index < -0.39 is 6.10 Å². The first-order chi connectivity index (χ1) is 13.6. The van der Waals surface area contributed by atoms with Crippen molar-refractivity contribution in [3.05, 3.63) is 36.4 Å². The van der Waals surface area contributed by atoms with Gasteiger partial charge < -0.3 is 19.5 Å². The summed E-state index contributed by atoms with van der Waals surface area (Å²) >= 11 is 0. The maximum atomic E-state index is 12.9. The van der Waals surface area contributed by atoms with Crippen molar-refractivity contribution in [2.24, 2.45) is 11.8 Å². The van der Waals surface area contributed by atoms with Crippen molar-refractivity contribution in [2.75, 3.05) is 27.3 Å². The third-order valence-corrected chi connectivity index (χ3v) is 6.04. The highest BCUT2D eigenvalue weighted by Gasteiger charge is 2.43. The van der Waals surface area contributed by atoms with Gasteiger partial charge in [-0.15, -0.1) is 0 Å². The summed E-state index contributed by atoms with van der Waals surface area (Å²) in [6, 6.07) is 5.51. The number of benzene rings is 1. The lowest BCUT2D eigenvalue weighted by Crippen LogP contribution is -2.36. The van der Waals surface area contributed by atoms with Gasteiger partial charge >= 0.3 is 0 Å². The topological polar surface area (TPSA) is 89.7 Å². The molecule has 8 nitrogen and oxygen atoms in total. The monoisotopic (exact) mass is 386 g/mol. The number of aromatic nitrogens is 3. The fraction of sp³-hybridized carbons (Fsp3) is 0.550. The number of hydrogen-bond donors (Lipinski definition) is 1. The molecule has 0 unspecified atom stereocenters. The number of carbonyl (C=O) groups excluding carboxylic acids is 1. The van der Waals surface area contributed by atoms with Crippen LogP contribution in [-0.2, 0) is 11.2 Å². The van der Waals surface area contributed by atoms with Crippen LogP contribution in [-0.4, -0.2) is 64.1 Å². The van der Waals surface area contributed by atoms with E-state index in [0.29, 0.717) is 42.7 Å². The molecule has 1 saturated carbocycles. The van der Waals surface area contributed by atoms with Crippen molar-refractivity contribution in [2.45, 2.75) is 31.4 Å². The summed E-state index contributed by atoms with van der Waals surface area (Å²) in [5.41, 5.74) is 0.901. The van der Waals surface area contributed by atoms with Crippen molar-refractivity contribution in [3.63, 3.8) is 0 Å². The van der Waals surface area contributed by atoms with E-state index in [9.17, 15) is 9.90 Å². The summed E-state index contributed by atoms with van der Waals surface area (Å²) in [5.74, 6) is 2.10. The maximum Gasteiger partial charge on any atom is 0.227 e. The summed E-state index contributed by atoms with van der Waals surface area (Å²) in [7, 11) is 3.18. The summed E-state index contributed by atoms with van der Waals surface area (Å²) in [6.07, 6.45) is 4.53. The first kappa shape index (κ1) is 18.7. The molecule has 1 saturated heterocycles. The minimum atomic E-state index is -0.455. The zero-order valence-corrected chi connectivity index (χ0v) is 16.2. The predicted octanol–water partition coefficient (Wildman–Crippen LogP) is 1.31. The molecule has 1 amide bonds. The third-order valence-electron chi connectivity index (χ3n) is 6.04. The van der Waals surface area contributed by atoms with Gasteiger partial charge in [0.25, 0.3) is 0 Å². The molecule has 0 spiro atoms. The first-order valence-electron chi connectivity index (χ1n) is 9.60. The molecule has 150 valence electrons. The van der Waals surface area contributed by atoms with Gasteiger partial charge in [-0.05, 0) is 42.4 Å². The largest absolute Gasteiger partial charge is 0.493 e. The number of ether oxygens (including phenoxy) is 2. The van der Waals surface area contributed by atoms with Crippen LogP contribution >= 0.6 is 0 Å². The van der Waals surface area contributed by atoms with Gasteiger partial charge in [0, 0.05) is 13.1 Å². The molecule has 1 N–H and O–H groups in total. The third kappa shape index (κ3) is 3.56. The Balaban J connectivity index is 1.41. The van der Waals surface area contributed by atoms with E-state index in [2.05, 4.69) is 10.1 Å². The van der Waals surface area contributed by atoms with Gasteiger partial charge in [0.05, 0.1) is 32.8 Å². The van der Waals surface area contributed by atoms with E-state index in [0.717, 1.165) is 18.5 Å². The number of rotatable bonds is 5. The molecule has 4 atom stereocenters. The molecule has 1 aromatic heterocycles. The molecule has 2 heterocycles. The lowest BCUT2D eigenvalue weighted by atomic mass is 9.77.